The van der Waals surface area contributed by atoms with E-state index in [-0.39, 0.29) is 11.2 Å². The van der Waals surface area contributed by atoms with Crippen molar-refractivity contribution in [3.8, 4) is 5.69 Å². The largest absolute Gasteiger partial charge is 0.494 e. The molecule has 0 saturated carbocycles. The second kappa shape index (κ2) is 5.11. The first-order valence-electron chi connectivity index (χ1n) is 7.89. The van der Waals surface area contributed by atoms with Gasteiger partial charge in [-0.3, -0.25) is 0 Å². The molecule has 1 aromatic carbocycles. The molecule has 0 unspecified atom stereocenters. The van der Waals surface area contributed by atoms with Crippen LogP contribution in [0.1, 0.15) is 39.1 Å². The molecule has 0 amide bonds. The highest BCUT2D eigenvalue weighted by Crippen LogP contribution is 2.36. The first-order valence-corrected chi connectivity index (χ1v) is 7.89. The molecule has 0 radical (unpaired) electrons. The highest BCUT2D eigenvalue weighted by Gasteiger charge is 2.51. The zero-order chi connectivity index (χ0) is 17.0. The molecule has 23 heavy (non-hydrogen) atoms. The number of nitrogens with two attached hydrogens (primary N) is 1. The Bertz CT molecular complexity index is 736. The zero-order valence-corrected chi connectivity index (χ0v) is 14.7. The van der Waals surface area contributed by atoms with Crippen LogP contribution in [0.3, 0.4) is 0 Å². The van der Waals surface area contributed by atoms with Crippen molar-refractivity contribution in [3.05, 3.63) is 35.7 Å². The van der Waals surface area contributed by atoms with Gasteiger partial charge in [0, 0.05) is 11.4 Å². The lowest BCUT2D eigenvalue weighted by molar-refractivity contribution is 0.00578. The molecule has 2 aromatic rings. The summed E-state index contributed by atoms with van der Waals surface area (Å²) in [5.41, 5.74) is 9.88. The van der Waals surface area contributed by atoms with Crippen molar-refractivity contribution in [1.29, 1.82) is 0 Å². The molecule has 2 heterocycles. The van der Waals surface area contributed by atoms with Gasteiger partial charge in [0.15, 0.2) is 0 Å². The Hall–Kier alpha value is -1.79. The molecule has 0 aliphatic carbocycles. The molecule has 3 rings (SSSR count). The maximum Gasteiger partial charge on any atom is 0.494 e. The van der Waals surface area contributed by atoms with E-state index in [1.165, 1.54) is 0 Å². The summed E-state index contributed by atoms with van der Waals surface area (Å²) in [4.78, 5) is 0. The zero-order valence-electron chi connectivity index (χ0n) is 14.7. The minimum absolute atomic E-state index is 0.374. The van der Waals surface area contributed by atoms with Crippen LogP contribution in [0, 0.1) is 13.8 Å². The number of nitrogen functional groups attached to an aromatic ring is 1. The van der Waals surface area contributed by atoms with Crippen molar-refractivity contribution in [3.63, 3.8) is 0 Å². The average molecular weight is 313 g/mol. The summed E-state index contributed by atoms with van der Waals surface area (Å²) in [5, 5.41) is 4.53. The quantitative estimate of drug-likeness (QED) is 0.683. The van der Waals surface area contributed by atoms with Crippen molar-refractivity contribution >= 4 is 18.3 Å². The van der Waals surface area contributed by atoms with Crippen LogP contribution in [0.4, 0.5) is 5.69 Å². The summed E-state index contributed by atoms with van der Waals surface area (Å²) in [6.45, 7) is 12.2. The molecule has 6 heteroatoms. The monoisotopic (exact) mass is 313 g/mol. The number of rotatable bonds is 2. The topological polar surface area (TPSA) is 62.3 Å². The summed E-state index contributed by atoms with van der Waals surface area (Å²) in [6, 6.07) is 7.88. The number of hydrogen-bond acceptors (Lipinski definition) is 4. The first-order chi connectivity index (χ1) is 10.6. The molecular formula is C17H24BN3O2. The van der Waals surface area contributed by atoms with E-state index < -0.39 is 7.12 Å². The van der Waals surface area contributed by atoms with E-state index >= 15 is 0 Å². The van der Waals surface area contributed by atoms with Crippen LogP contribution in [0.25, 0.3) is 5.69 Å². The number of hydrogen-bond donors (Lipinski definition) is 1. The SMILES string of the molecule is Cc1cc(C)n(-c2cc(N)cc(B3OC(C)(C)C(C)(C)O3)c2)n1. The van der Waals surface area contributed by atoms with Crippen molar-refractivity contribution < 1.29 is 9.31 Å². The summed E-state index contributed by atoms with van der Waals surface area (Å²) >= 11 is 0. The molecule has 1 fully saturated rings. The average Bonchev–Trinajstić information content (AvgIpc) is 2.85. The standard InChI is InChI=1S/C17H24BN3O2/c1-11-7-12(2)21(20-11)15-9-13(8-14(19)10-15)18-22-16(3,4)17(5,6)23-18/h7-10H,19H2,1-6H3. The molecule has 0 bridgehead atoms. The second-order valence-electron chi connectivity index (χ2n) is 7.29. The van der Waals surface area contributed by atoms with Crippen LogP contribution in [-0.2, 0) is 9.31 Å². The Labute approximate surface area is 137 Å². The normalized spacial score (nSPS) is 19.3. The molecule has 1 aromatic heterocycles. The van der Waals surface area contributed by atoms with Crippen LogP contribution in [0.15, 0.2) is 24.3 Å². The molecule has 1 aliphatic rings. The minimum Gasteiger partial charge on any atom is -0.399 e. The van der Waals surface area contributed by atoms with Crippen molar-refractivity contribution in [2.75, 3.05) is 5.73 Å². The molecule has 5 nitrogen and oxygen atoms in total. The molecule has 122 valence electrons. The predicted octanol–water partition coefficient (Wildman–Crippen LogP) is 2.37. The summed E-state index contributed by atoms with van der Waals surface area (Å²) < 4.78 is 14.1. The van der Waals surface area contributed by atoms with Crippen molar-refractivity contribution in [1.82, 2.24) is 9.78 Å². The fraction of sp³-hybridized carbons (Fsp3) is 0.471. The van der Waals surface area contributed by atoms with Crippen molar-refractivity contribution in [2.45, 2.75) is 52.7 Å². The van der Waals surface area contributed by atoms with Crippen LogP contribution in [-0.4, -0.2) is 28.1 Å². The van der Waals surface area contributed by atoms with Gasteiger partial charge in [-0.1, -0.05) is 0 Å². The summed E-state index contributed by atoms with van der Waals surface area (Å²) in [7, 11) is -0.431. The Balaban J connectivity index is 2.01. The third-order valence-corrected chi connectivity index (χ3v) is 4.74. The molecule has 2 N–H and O–H groups in total. The van der Waals surface area contributed by atoms with E-state index in [2.05, 4.69) is 5.10 Å². The molecular weight excluding hydrogens is 289 g/mol. The number of nitrogens with zero attached hydrogens (tertiary/aromatic N) is 2. The number of benzene rings is 1. The maximum absolute atomic E-state index is 6.12. The summed E-state index contributed by atoms with van der Waals surface area (Å²) in [5.74, 6) is 0. The van der Waals surface area contributed by atoms with Gasteiger partial charge >= 0.3 is 7.12 Å². The Morgan fingerprint density at radius 3 is 2.13 bits per heavy atom. The van der Waals surface area contributed by atoms with Gasteiger partial charge in [0.1, 0.15) is 0 Å². The lowest BCUT2D eigenvalue weighted by Crippen LogP contribution is -2.41. The lowest BCUT2D eigenvalue weighted by Gasteiger charge is -2.32. The van der Waals surface area contributed by atoms with Crippen LogP contribution >= 0.6 is 0 Å². The number of anilines is 1. The van der Waals surface area contributed by atoms with E-state index in [9.17, 15) is 0 Å². The summed E-state index contributed by atoms with van der Waals surface area (Å²) in [6.07, 6.45) is 0. The first kappa shape index (κ1) is 16.1. The third kappa shape index (κ3) is 2.77. The van der Waals surface area contributed by atoms with E-state index in [1.807, 2.05) is 70.5 Å². The Kier molecular flexibility index (Phi) is 3.57. The smallest absolute Gasteiger partial charge is 0.399 e. The number of aromatic nitrogens is 2. The number of aryl methyl sites for hydroxylation is 2. The van der Waals surface area contributed by atoms with E-state index in [4.69, 9.17) is 15.0 Å². The van der Waals surface area contributed by atoms with Crippen LogP contribution in [0.2, 0.25) is 0 Å². The molecule has 0 atom stereocenters. The third-order valence-electron chi connectivity index (χ3n) is 4.74. The van der Waals surface area contributed by atoms with Gasteiger partial charge in [0.05, 0.1) is 22.6 Å². The lowest BCUT2D eigenvalue weighted by atomic mass is 9.78. The van der Waals surface area contributed by atoms with Gasteiger partial charge in [-0.15, -0.1) is 0 Å². The maximum atomic E-state index is 6.12. The van der Waals surface area contributed by atoms with E-state index in [0.29, 0.717) is 5.69 Å². The van der Waals surface area contributed by atoms with Gasteiger partial charge in [-0.2, -0.15) is 5.10 Å². The van der Waals surface area contributed by atoms with Gasteiger partial charge in [0.25, 0.3) is 0 Å². The van der Waals surface area contributed by atoms with Crippen LogP contribution < -0.4 is 11.2 Å². The van der Waals surface area contributed by atoms with E-state index in [0.717, 1.165) is 22.5 Å². The van der Waals surface area contributed by atoms with Gasteiger partial charge in [-0.25, -0.2) is 4.68 Å². The minimum atomic E-state index is -0.431. The fourth-order valence-electron chi connectivity index (χ4n) is 2.79. The van der Waals surface area contributed by atoms with E-state index in [1.54, 1.807) is 0 Å². The fourth-order valence-corrected chi connectivity index (χ4v) is 2.79. The molecule has 0 spiro atoms. The van der Waals surface area contributed by atoms with Gasteiger partial charge in [-0.05, 0) is 71.3 Å². The highest BCUT2D eigenvalue weighted by molar-refractivity contribution is 6.62. The molecule has 1 aliphatic heterocycles. The Morgan fingerprint density at radius 2 is 1.61 bits per heavy atom. The van der Waals surface area contributed by atoms with Gasteiger partial charge < -0.3 is 15.0 Å². The van der Waals surface area contributed by atoms with Crippen molar-refractivity contribution in [2.24, 2.45) is 0 Å². The predicted molar refractivity (Wildman–Crippen MR) is 93.2 cm³/mol. The molecule has 1 saturated heterocycles. The van der Waals surface area contributed by atoms with Gasteiger partial charge in [0.2, 0.25) is 0 Å². The Morgan fingerprint density at radius 1 is 1.00 bits per heavy atom. The second-order valence-corrected chi connectivity index (χ2v) is 7.29. The van der Waals surface area contributed by atoms with Crippen LogP contribution in [0.5, 0.6) is 0 Å². The highest BCUT2D eigenvalue weighted by atomic mass is 16.7.